The van der Waals surface area contributed by atoms with E-state index in [-0.39, 0.29) is 18.4 Å². The predicted molar refractivity (Wildman–Crippen MR) is 76.6 cm³/mol. The Bertz CT molecular complexity index is 418. The summed E-state index contributed by atoms with van der Waals surface area (Å²) in [6.45, 7) is 6.00. The molecule has 1 aromatic carbocycles. The lowest BCUT2D eigenvalue weighted by atomic mass is 9.88. The lowest BCUT2D eigenvalue weighted by Crippen LogP contribution is -2.45. The highest BCUT2D eigenvalue weighted by Crippen LogP contribution is 2.20. The second kappa shape index (κ2) is 6.34. The van der Waals surface area contributed by atoms with Crippen molar-refractivity contribution in [3.05, 3.63) is 34.3 Å². The molecule has 100 valence electrons. The lowest BCUT2D eigenvalue weighted by Gasteiger charge is -2.29. The smallest absolute Gasteiger partial charge is 0.252 e. The van der Waals surface area contributed by atoms with Crippen LogP contribution in [-0.4, -0.2) is 23.2 Å². The first-order valence-corrected chi connectivity index (χ1v) is 6.93. The van der Waals surface area contributed by atoms with Crippen molar-refractivity contribution < 1.29 is 9.90 Å². The monoisotopic (exact) mass is 313 g/mol. The van der Waals surface area contributed by atoms with Gasteiger partial charge in [-0.3, -0.25) is 4.79 Å². The number of nitrogens with one attached hydrogen (secondary N) is 1. The van der Waals surface area contributed by atoms with E-state index < -0.39 is 5.60 Å². The highest BCUT2D eigenvalue weighted by atomic mass is 79.9. The summed E-state index contributed by atoms with van der Waals surface area (Å²) in [4.78, 5) is 12.0. The molecule has 18 heavy (non-hydrogen) atoms. The van der Waals surface area contributed by atoms with Crippen molar-refractivity contribution in [1.82, 2.24) is 5.32 Å². The average molecular weight is 314 g/mol. The zero-order valence-electron chi connectivity index (χ0n) is 11.0. The molecule has 1 rings (SSSR count). The van der Waals surface area contributed by atoms with Crippen LogP contribution < -0.4 is 5.32 Å². The van der Waals surface area contributed by atoms with Gasteiger partial charge in [0.05, 0.1) is 11.2 Å². The third kappa shape index (κ3) is 3.82. The molecule has 1 aromatic rings. The van der Waals surface area contributed by atoms with E-state index in [9.17, 15) is 9.90 Å². The lowest BCUT2D eigenvalue weighted by molar-refractivity contribution is 0.00592. The van der Waals surface area contributed by atoms with Crippen LogP contribution in [0.2, 0.25) is 0 Å². The molecule has 0 saturated heterocycles. The molecule has 0 aliphatic carbocycles. The van der Waals surface area contributed by atoms with Gasteiger partial charge in [-0.15, -0.1) is 0 Å². The van der Waals surface area contributed by atoms with Gasteiger partial charge in [0, 0.05) is 11.0 Å². The minimum Gasteiger partial charge on any atom is -0.388 e. The van der Waals surface area contributed by atoms with Gasteiger partial charge >= 0.3 is 0 Å². The van der Waals surface area contributed by atoms with Crippen LogP contribution in [-0.2, 0) is 0 Å². The van der Waals surface area contributed by atoms with Gasteiger partial charge in [-0.2, -0.15) is 0 Å². The summed E-state index contributed by atoms with van der Waals surface area (Å²) in [5.41, 5.74) is -0.302. The summed E-state index contributed by atoms with van der Waals surface area (Å²) in [5.74, 6) is -0.0388. The second-order valence-corrected chi connectivity index (χ2v) is 5.68. The highest BCUT2D eigenvalue weighted by Gasteiger charge is 2.27. The third-order valence-electron chi connectivity index (χ3n) is 3.40. The minimum absolute atomic E-state index is 0.136. The maximum absolute atomic E-state index is 12.0. The van der Waals surface area contributed by atoms with Crippen LogP contribution in [0, 0.1) is 5.92 Å². The minimum atomic E-state index is -0.883. The predicted octanol–water partition coefficient (Wildman–Crippen LogP) is 2.98. The van der Waals surface area contributed by atoms with E-state index in [4.69, 9.17) is 0 Å². The molecule has 0 heterocycles. The van der Waals surface area contributed by atoms with Crippen molar-refractivity contribution in [2.24, 2.45) is 5.92 Å². The molecule has 4 heteroatoms. The van der Waals surface area contributed by atoms with Crippen LogP contribution in [0.25, 0.3) is 0 Å². The fourth-order valence-electron chi connectivity index (χ4n) is 1.61. The molecule has 3 nitrogen and oxygen atoms in total. The molecule has 0 fully saturated rings. The third-order valence-corrected chi connectivity index (χ3v) is 4.09. The number of aliphatic hydroxyl groups is 1. The van der Waals surface area contributed by atoms with E-state index in [1.807, 2.05) is 32.0 Å². The number of carbonyl (C=O) groups excluding carboxylic acids is 1. The zero-order valence-corrected chi connectivity index (χ0v) is 12.6. The number of carbonyl (C=O) groups is 1. The van der Waals surface area contributed by atoms with Crippen molar-refractivity contribution >= 4 is 21.8 Å². The molecule has 2 atom stereocenters. The van der Waals surface area contributed by atoms with Gasteiger partial charge in [0.1, 0.15) is 0 Å². The van der Waals surface area contributed by atoms with Gasteiger partial charge in [0.2, 0.25) is 0 Å². The van der Waals surface area contributed by atoms with Crippen molar-refractivity contribution in [1.29, 1.82) is 0 Å². The maximum Gasteiger partial charge on any atom is 0.252 e. The summed E-state index contributed by atoms with van der Waals surface area (Å²) in [6, 6.07) is 7.24. The van der Waals surface area contributed by atoms with Gasteiger partial charge in [-0.05, 0) is 40.9 Å². The molecule has 0 aliphatic heterocycles. The molecular formula is C14H20BrNO2. The van der Waals surface area contributed by atoms with Crippen LogP contribution >= 0.6 is 15.9 Å². The summed E-state index contributed by atoms with van der Waals surface area (Å²) in [6.07, 6.45) is 0.873. The highest BCUT2D eigenvalue weighted by molar-refractivity contribution is 9.10. The number of amides is 1. The summed E-state index contributed by atoms with van der Waals surface area (Å²) >= 11 is 3.34. The Labute approximate surface area is 117 Å². The van der Waals surface area contributed by atoms with Gasteiger partial charge in [-0.1, -0.05) is 32.4 Å². The molecule has 0 aromatic heterocycles. The molecule has 1 amide bonds. The Morgan fingerprint density at radius 2 is 2.11 bits per heavy atom. The van der Waals surface area contributed by atoms with E-state index >= 15 is 0 Å². The van der Waals surface area contributed by atoms with Crippen molar-refractivity contribution in [3.63, 3.8) is 0 Å². The van der Waals surface area contributed by atoms with Crippen LogP contribution in [0.4, 0.5) is 0 Å². The number of halogens is 1. The van der Waals surface area contributed by atoms with E-state index in [1.165, 1.54) is 0 Å². The SMILES string of the molecule is CCC(C)C(C)(O)CNC(=O)c1ccccc1Br. The van der Waals surface area contributed by atoms with Crippen LogP contribution in [0.5, 0.6) is 0 Å². The number of benzene rings is 1. The first-order chi connectivity index (χ1) is 8.38. The summed E-state index contributed by atoms with van der Waals surface area (Å²) in [7, 11) is 0. The average Bonchev–Trinajstić information content (AvgIpc) is 2.35. The van der Waals surface area contributed by atoms with Crippen LogP contribution in [0.1, 0.15) is 37.6 Å². The molecule has 0 radical (unpaired) electrons. The quantitative estimate of drug-likeness (QED) is 0.878. The first kappa shape index (κ1) is 15.2. The van der Waals surface area contributed by atoms with Gasteiger partial charge in [0.15, 0.2) is 0 Å². The first-order valence-electron chi connectivity index (χ1n) is 6.13. The number of hydrogen-bond donors (Lipinski definition) is 2. The maximum atomic E-state index is 12.0. The fourth-order valence-corrected chi connectivity index (χ4v) is 2.08. The Balaban J connectivity index is 2.65. The zero-order chi connectivity index (χ0) is 13.8. The normalized spacial score (nSPS) is 15.8. The van der Waals surface area contributed by atoms with Crippen molar-refractivity contribution in [2.45, 2.75) is 32.8 Å². The molecule has 2 unspecified atom stereocenters. The summed E-state index contributed by atoms with van der Waals surface area (Å²) in [5, 5.41) is 13.0. The molecular weight excluding hydrogens is 294 g/mol. The van der Waals surface area contributed by atoms with Crippen molar-refractivity contribution in [3.8, 4) is 0 Å². The van der Waals surface area contributed by atoms with E-state index in [0.717, 1.165) is 10.9 Å². The van der Waals surface area contributed by atoms with Gasteiger partial charge < -0.3 is 10.4 Å². The fraction of sp³-hybridized carbons (Fsp3) is 0.500. The number of rotatable bonds is 5. The molecule has 2 N–H and O–H groups in total. The molecule has 0 saturated carbocycles. The standard InChI is InChI=1S/C14H20BrNO2/c1-4-10(2)14(3,18)9-16-13(17)11-7-5-6-8-12(11)15/h5-8,10,18H,4,9H2,1-3H3,(H,16,17). The Morgan fingerprint density at radius 1 is 1.50 bits per heavy atom. The molecule has 0 bridgehead atoms. The van der Waals surface area contributed by atoms with Gasteiger partial charge in [0.25, 0.3) is 5.91 Å². The summed E-state index contributed by atoms with van der Waals surface area (Å²) < 4.78 is 0.755. The van der Waals surface area contributed by atoms with Crippen LogP contribution in [0.15, 0.2) is 28.7 Å². The van der Waals surface area contributed by atoms with Crippen molar-refractivity contribution in [2.75, 3.05) is 6.54 Å². The largest absolute Gasteiger partial charge is 0.388 e. The topological polar surface area (TPSA) is 49.3 Å². The molecule has 0 aliphatic rings. The van der Waals surface area contributed by atoms with E-state index in [0.29, 0.717) is 5.56 Å². The van der Waals surface area contributed by atoms with E-state index in [2.05, 4.69) is 21.2 Å². The molecule has 0 spiro atoms. The van der Waals surface area contributed by atoms with E-state index in [1.54, 1.807) is 13.0 Å². The second-order valence-electron chi connectivity index (χ2n) is 4.83. The van der Waals surface area contributed by atoms with Gasteiger partial charge in [-0.25, -0.2) is 0 Å². The Morgan fingerprint density at radius 3 is 2.67 bits per heavy atom. The number of hydrogen-bond acceptors (Lipinski definition) is 2. The Hall–Kier alpha value is -0.870. The Kier molecular flexibility index (Phi) is 5.35. The van der Waals surface area contributed by atoms with Crippen LogP contribution in [0.3, 0.4) is 0 Å².